The van der Waals surface area contributed by atoms with Gasteiger partial charge in [0.2, 0.25) is 5.72 Å². The molecule has 0 aliphatic carbocycles. The van der Waals surface area contributed by atoms with E-state index in [1.165, 1.54) is 0 Å². The maximum absolute atomic E-state index is 11.2. The van der Waals surface area contributed by atoms with Gasteiger partial charge in [-0.1, -0.05) is 6.07 Å². The van der Waals surface area contributed by atoms with Crippen LogP contribution in [0.2, 0.25) is 0 Å². The van der Waals surface area contributed by atoms with Crippen LogP contribution in [0, 0.1) is 0 Å². The van der Waals surface area contributed by atoms with E-state index in [1.807, 2.05) is 19.1 Å². The van der Waals surface area contributed by atoms with Crippen molar-refractivity contribution in [2.75, 3.05) is 5.32 Å². The van der Waals surface area contributed by atoms with E-state index in [0.29, 0.717) is 11.4 Å². The monoisotopic (exact) mass is 256 g/mol. The molecule has 96 valence electrons. The van der Waals surface area contributed by atoms with Gasteiger partial charge >= 0.3 is 5.97 Å². The number of rotatable bonds is 2. The van der Waals surface area contributed by atoms with Crippen molar-refractivity contribution in [1.82, 2.24) is 4.98 Å². The number of aromatic nitrogens is 1. The zero-order valence-corrected chi connectivity index (χ0v) is 10.3. The van der Waals surface area contributed by atoms with Crippen molar-refractivity contribution < 1.29 is 14.6 Å². The summed E-state index contributed by atoms with van der Waals surface area (Å²) in [7, 11) is 0. The van der Waals surface area contributed by atoms with Gasteiger partial charge in [0, 0.05) is 18.0 Å². The molecule has 5 heteroatoms. The van der Waals surface area contributed by atoms with E-state index in [9.17, 15) is 9.90 Å². The molecular weight excluding hydrogens is 244 g/mol. The average molecular weight is 256 g/mol. The number of anilines is 1. The average Bonchev–Trinajstić information content (AvgIpc) is 2.77. The highest BCUT2D eigenvalue weighted by Gasteiger charge is 2.38. The first kappa shape index (κ1) is 11.5. The smallest absolute Gasteiger partial charge is 0.337 e. The van der Waals surface area contributed by atoms with Gasteiger partial charge in [-0.05, 0) is 31.2 Å². The first-order chi connectivity index (χ1) is 9.10. The maximum atomic E-state index is 11.2. The first-order valence-electron chi connectivity index (χ1n) is 5.84. The molecule has 1 aromatic heterocycles. The van der Waals surface area contributed by atoms with E-state index in [-0.39, 0.29) is 5.56 Å². The minimum absolute atomic E-state index is 0.199. The predicted molar refractivity (Wildman–Crippen MR) is 69.2 cm³/mol. The summed E-state index contributed by atoms with van der Waals surface area (Å²) in [6.07, 6.45) is 3.37. The number of para-hydroxylation sites is 1. The van der Waals surface area contributed by atoms with Gasteiger partial charge in [-0.15, -0.1) is 0 Å². The second-order valence-electron chi connectivity index (χ2n) is 4.49. The summed E-state index contributed by atoms with van der Waals surface area (Å²) in [5, 5.41) is 12.3. The number of benzene rings is 1. The van der Waals surface area contributed by atoms with Crippen molar-refractivity contribution in [2.24, 2.45) is 0 Å². The molecule has 0 radical (unpaired) electrons. The summed E-state index contributed by atoms with van der Waals surface area (Å²) >= 11 is 0. The van der Waals surface area contributed by atoms with E-state index in [0.717, 1.165) is 5.56 Å². The lowest BCUT2D eigenvalue weighted by molar-refractivity contribution is 0.0698. The number of nitrogens with one attached hydrogen (secondary N) is 1. The summed E-state index contributed by atoms with van der Waals surface area (Å²) in [6, 6.07) is 8.65. The molecule has 1 atom stereocenters. The van der Waals surface area contributed by atoms with Gasteiger partial charge in [0.1, 0.15) is 5.75 Å². The van der Waals surface area contributed by atoms with Crippen LogP contribution in [0.15, 0.2) is 42.7 Å². The van der Waals surface area contributed by atoms with Crippen molar-refractivity contribution in [3.05, 3.63) is 53.9 Å². The topological polar surface area (TPSA) is 71.5 Å². The van der Waals surface area contributed by atoms with Gasteiger partial charge < -0.3 is 15.2 Å². The second kappa shape index (κ2) is 3.98. The van der Waals surface area contributed by atoms with E-state index < -0.39 is 11.7 Å². The molecule has 0 saturated heterocycles. The Morgan fingerprint density at radius 3 is 2.89 bits per heavy atom. The van der Waals surface area contributed by atoms with Crippen LogP contribution in [0.4, 0.5) is 5.69 Å². The molecule has 2 heterocycles. The van der Waals surface area contributed by atoms with Crippen LogP contribution in [-0.2, 0) is 5.72 Å². The van der Waals surface area contributed by atoms with Crippen LogP contribution in [0.25, 0.3) is 0 Å². The standard InChI is InChI=1S/C14H12N2O3/c1-14(9-4-3-7-15-8-9)16-12-10(13(17)18)5-2-6-11(12)19-14/h2-8,16H,1H3,(H,17,18). The molecule has 1 aliphatic rings. The third kappa shape index (κ3) is 1.79. The van der Waals surface area contributed by atoms with Crippen molar-refractivity contribution in [2.45, 2.75) is 12.6 Å². The SMILES string of the molecule is CC1(c2cccnc2)Nc2c(cccc2C(=O)O)O1. The number of ether oxygens (including phenoxy) is 1. The van der Waals surface area contributed by atoms with Gasteiger partial charge in [0.15, 0.2) is 0 Å². The lowest BCUT2D eigenvalue weighted by Gasteiger charge is -2.24. The summed E-state index contributed by atoms with van der Waals surface area (Å²) in [6.45, 7) is 1.84. The van der Waals surface area contributed by atoms with Gasteiger partial charge in [-0.3, -0.25) is 4.98 Å². The number of aromatic carboxylic acids is 1. The Hall–Kier alpha value is -2.56. The van der Waals surface area contributed by atoms with Gasteiger partial charge in [-0.2, -0.15) is 0 Å². The molecule has 0 bridgehead atoms. The normalized spacial score (nSPS) is 20.3. The van der Waals surface area contributed by atoms with E-state index >= 15 is 0 Å². The Morgan fingerprint density at radius 1 is 1.37 bits per heavy atom. The Balaban J connectivity index is 2.05. The number of hydrogen-bond donors (Lipinski definition) is 2. The summed E-state index contributed by atoms with van der Waals surface area (Å²) < 4.78 is 5.86. The predicted octanol–water partition coefficient (Wildman–Crippen LogP) is 2.46. The molecule has 1 aliphatic heterocycles. The Labute approximate surface area is 109 Å². The third-order valence-corrected chi connectivity index (χ3v) is 3.15. The molecule has 1 aromatic carbocycles. The summed E-state index contributed by atoms with van der Waals surface area (Å²) in [4.78, 5) is 15.3. The zero-order chi connectivity index (χ0) is 13.5. The minimum atomic E-state index is -0.983. The Kier molecular flexibility index (Phi) is 2.41. The van der Waals surface area contributed by atoms with Crippen LogP contribution < -0.4 is 10.1 Å². The molecule has 3 rings (SSSR count). The molecule has 0 amide bonds. The largest absolute Gasteiger partial charge is 0.478 e. The molecule has 5 nitrogen and oxygen atoms in total. The lowest BCUT2D eigenvalue weighted by Crippen LogP contribution is -2.33. The quantitative estimate of drug-likeness (QED) is 0.863. The van der Waals surface area contributed by atoms with Crippen molar-refractivity contribution in [1.29, 1.82) is 0 Å². The first-order valence-corrected chi connectivity index (χ1v) is 5.84. The number of hydrogen-bond acceptors (Lipinski definition) is 4. The summed E-state index contributed by atoms with van der Waals surface area (Å²) in [5.74, 6) is -0.449. The summed E-state index contributed by atoms with van der Waals surface area (Å²) in [5.41, 5.74) is 0.733. The van der Waals surface area contributed by atoms with Crippen LogP contribution in [0.3, 0.4) is 0 Å². The molecule has 1 unspecified atom stereocenters. The molecule has 0 spiro atoms. The molecule has 0 saturated carbocycles. The minimum Gasteiger partial charge on any atom is -0.478 e. The second-order valence-corrected chi connectivity index (χ2v) is 4.49. The number of fused-ring (bicyclic) bond motifs is 1. The van der Waals surface area contributed by atoms with E-state index in [4.69, 9.17) is 4.74 Å². The van der Waals surface area contributed by atoms with Crippen LogP contribution >= 0.6 is 0 Å². The van der Waals surface area contributed by atoms with Crippen molar-refractivity contribution in [3.8, 4) is 5.75 Å². The highest BCUT2D eigenvalue weighted by atomic mass is 16.5. The van der Waals surface area contributed by atoms with Gasteiger partial charge in [0.25, 0.3) is 0 Å². The molecule has 0 fully saturated rings. The van der Waals surface area contributed by atoms with E-state index in [1.54, 1.807) is 30.6 Å². The fraction of sp³-hybridized carbons (Fsp3) is 0.143. The fourth-order valence-electron chi connectivity index (χ4n) is 2.18. The number of carbonyl (C=O) groups is 1. The third-order valence-electron chi connectivity index (χ3n) is 3.15. The number of carboxylic acids is 1. The van der Waals surface area contributed by atoms with Crippen LogP contribution in [0.1, 0.15) is 22.8 Å². The Morgan fingerprint density at radius 2 is 2.21 bits per heavy atom. The molecule has 2 aromatic rings. The maximum Gasteiger partial charge on any atom is 0.337 e. The van der Waals surface area contributed by atoms with Crippen LogP contribution in [-0.4, -0.2) is 16.1 Å². The fourth-order valence-corrected chi connectivity index (χ4v) is 2.18. The van der Waals surface area contributed by atoms with Gasteiger partial charge in [-0.25, -0.2) is 4.79 Å². The van der Waals surface area contributed by atoms with Crippen molar-refractivity contribution in [3.63, 3.8) is 0 Å². The number of carboxylic acid groups (broad SMARTS) is 1. The number of pyridine rings is 1. The highest BCUT2D eigenvalue weighted by molar-refractivity contribution is 5.96. The van der Waals surface area contributed by atoms with Crippen LogP contribution in [0.5, 0.6) is 5.75 Å². The lowest BCUT2D eigenvalue weighted by atomic mass is 10.1. The molecule has 19 heavy (non-hydrogen) atoms. The highest BCUT2D eigenvalue weighted by Crippen LogP contribution is 2.43. The van der Waals surface area contributed by atoms with Gasteiger partial charge in [0.05, 0.1) is 11.3 Å². The Bertz CT molecular complexity index is 642. The number of nitrogens with zero attached hydrogens (tertiary/aromatic N) is 1. The zero-order valence-electron chi connectivity index (χ0n) is 10.3. The van der Waals surface area contributed by atoms with E-state index in [2.05, 4.69) is 10.3 Å². The molecule has 2 N–H and O–H groups in total. The van der Waals surface area contributed by atoms with Crippen molar-refractivity contribution >= 4 is 11.7 Å². The molecular formula is C14H12N2O3.